The number of hydrogen-bond donors (Lipinski definition) is 1. The molecule has 1 N–H and O–H groups in total. The second kappa shape index (κ2) is 9.71. The molecule has 0 spiro atoms. The number of halogens is 1. The Morgan fingerprint density at radius 2 is 1.72 bits per heavy atom. The number of nitrogens with zero attached hydrogens (tertiary/aromatic N) is 3. The van der Waals surface area contributed by atoms with Gasteiger partial charge in [-0.1, -0.05) is 53.7 Å². The van der Waals surface area contributed by atoms with Gasteiger partial charge < -0.3 is 5.32 Å². The fraction of sp³-hybridized carbons (Fsp3) is 0.160. The Balaban J connectivity index is 1.59. The average Bonchev–Trinajstić information content (AvgIpc) is 3.21. The van der Waals surface area contributed by atoms with Crippen LogP contribution in [0.15, 0.2) is 76.4 Å². The Bertz CT molecular complexity index is 1270. The molecule has 162 valence electrons. The number of amides is 1. The van der Waals surface area contributed by atoms with E-state index in [1.807, 2.05) is 73.0 Å². The zero-order valence-corrected chi connectivity index (χ0v) is 20.5. The number of carbonyl (C=O) groups is 1. The molecule has 1 amide bonds. The van der Waals surface area contributed by atoms with Gasteiger partial charge in [-0.3, -0.25) is 9.36 Å². The van der Waals surface area contributed by atoms with Crippen LogP contribution in [0.1, 0.15) is 16.7 Å². The minimum absolute atomic E-state index is 0.0985. The molecule has 3 aromatic carbocycles. The number of rotatable bonds is 6. The van der Waals surface area contributed by atoms with Crippen molar-refractivity contribution in [1.82, 2.24) is 14.8 Å². The van der Waals surface area contributed by atoms with Gasteiger partial charge in [0.05, 0.1) is 11.4 Å². The monoisotopic (exact) mass is 506 g/mol. The van der Waals surface area contributed by atoms with Crippen LogP contribution in [0.2, 0.25) is 0 Å². The number of aryl methyl sites for hydroxylation is 3. The molecule has 0 saturated heterocycles. The molecule has 7 heteroatoms. The first-order valence-corrected chi connectivity index (χ1v) is 12.0. The highest BCUT2D eigenvalue weighted by atomic mass is 79.9. The average molecular weight is 507 g/mol. The minimum Gasteiger partial charge on any atom is -0.324 e. The Morgan fingerprint density at radius 1 is 0.969 bits per heavy atom. The van der Waals surface area contributed by atoms with Gasteiger partial charge in [0, 0.05) is 15.7 Å². The van der Waals surface area contributed by atoms with E-state index in [-0.39, 0.29) is 11.7 Å². The van der Waals surface area contributed by atoms with E-state index in [9.17, 15) is 4.79 Å². The fourth-order valence-corrected chi connectivity index (χ4v) is 4.65. The number of para-hydroxylation sites is 1. The summed E-state index contributed by atoms with van der Waals surface area (Å²) < 4.78 is 2.87. The van der Waals surface area contributed by atoms with Crippen LogP contribution in [0, 0.1) is 20.8 Å². The van der Waals surface area contributed by atoms with Crippen LogP contribution in [0.25, 0.3) is 17.1 Å². The molecule has 0 fully saturated rings. The van der Waals surface area contributed by atoms with Crippen molar-refractivity contribution in [3.63, 3.8) is 0 Å². The Hall–Kier alpha value is -2.90. The number of carbonyl (C=O) groups excluding carboxylic acids is 1. The summed E-state index contributed by atoms with van der Waals surface area (Å²) in [5, 5.41) is 12.5. The van der Waals surface area contributed by atoms with E-state index in [1.54, 1.807) is 0 Å². The summed E-state index contributed by atoms with van der Waals surface area (Å²) in [6.45, 7) is 6.13. The number of anilines is 1. The Labute approximate surface area is 200 Å². The van der Waals surface area contributed by atoms with Gasteiger partial charge in [-0.25, -0.2) is 0 Å². The van der Waals surface area contributed by atoms with Crippen LogP contribution < -0.4 is 5.32 Å². The van der Waals surface area contributed by atoms with Crippen molar-refractivity contribution < 1.29 is 4.79 Å². The van der Waals surface area contributed by atoms with E-state index in [4.69, 9.17) is 0 Å². The van der Waals surface area contributed by atoms with Crippen molar-refractivity contribution in [2.75, 3.05) is 11.1 Å². The van der Waals surface area contributed by atoms with Crippen molar-refractivity contribution in [3.05, 3.63) is 87.9 Å². The molecular formula is C25H23BrN4OS. The van der Waals surface area contributed by atoms with Gasteiger partial charge in [0.25, 0.3) is 0 Å². The van der Waals surface area contributed by atoms with Crippen LogP contribution in [0.4, 0.5) is 5.69 Å². The quantitative estimate of drug-likeness (QED) is 0.309. The Kier molecular flexibility index (Phi) is 6.77. The molecule has 0 saturated carbocycles. The SMILES string of the molecule is Cc1cccc(-c2nnc(SCC(=O)Nc3cc(C)c(C)cc3Br)n2-c2ccccc2)c1. The van der Waals surface area contributed by atoms with Crippen LogP contribution in [0.5, 0.6) is 0 Å². The van der Waals surface area contributed by atoms with E-state index in [0.29, 0.717) is 5.16 Å². The number of aromatic nitrogens is 3. The third-order valence-electron chi connectivity index (χ3n) is 5.11. The first-order chi connectivity index (χ1) is 15.4. The van der Waals surface area contributed by atoms with E-state index < -0.39 is 0 Å². The molecule has 1 aromatic heterocycles. The highest BCUT2D eigenvalue weighted by molar-refractivity contribution is 9.10. The third kappa shape index (κ3) is 4.95. The summed E-state index contributed by atoms with van der Waals surface area (Å²) >= 11 is 4.90. The van der Waals surface area contributed by atoms with Gasteiger partial charge in [-0.2, -0.15) is 0 Å². The van der Waals surface area contributed by atoms with Crippen molar-refractivity contribution in [2.45, 2.75) is 25.9 Å². The molecule has 32 heavy (non-hydrogen) atoms. The molecule has 0 aliphatic rings. The lowest BCUT2D eigenvalue weighted by atomic mass is 10.1. The second-order valence-corrected chi connectivity index (χ2v) is 9.40. The van der Waals surface area contributed by atoms with Crippen LogP contribution in [-0.4, -0.2) is 26.4 Å². The largest absolute Gasteiger partial charge is 0.324 e. The standard InChI is InChI=1S/C25H23BrN4OS/c1-16-8-7-9-19(12-16)24-28-29-25(30(24)20-10-5-4-6-11-20)32-15-23(31)27-22-14-18(3)17(2)13-21(22)26/h4-14H,15H2,1-3H3,(H,27,31). The third-order valence-corrected chi connectivity index (χ3v) is 6.70. The van der Waals surface area contributed by atoms with E-state index in [2.05, 4.69) is 50.5 Å². The first-order valence-electron chi connectivity index (χ1n) is 10.2. The first kappa shape index (κ1) is 22.3. The van der Waals surface area contributed by atoms with Gasteiger partial charge in [-0.15, -0.1) is 10.2 Å². The normalized spacial score (nSPS) is 10.9. The van der Waals surface area contributed by atoms with Crippen molar-refractivity contribution in [2.24, 2.45) is 0 Å². The number of hydrogen-bond acceptors (Lipinski definition) is 4. The van der Waals surface area contributed by atoms with Gasteiger partial charge >= 0.3 is 0 Å². The predicted octanol–water partition coefficient (Wildman–Crippen LogP) is 6.35. The topological polar surface area (TPSA) is 59.8 Å². The Morgan fingerprint density at radius 3 is 2.47 bits per heavy atom. The molecule has 4 rings (SSSR count). The van der Waals surface area contributed by atoms with Gasteiger partial charge in [0.1, 0.15) is 0 Å². The second-order valence-electron chi connectivity index (χ2n) is 7.60. The van der Waals surface area contributed by atoms with Crippen LogP contribution in [-0.2, 0) is 4.79 Å². The van der Waals surface area contributed by atoms with E-state index in [0.717, 1.165) is 38.4 Å². The fourth-order valence-electron chi connectivity index (χ4n) is 3.34. The van der Waals surface area contributed by atoms with Gasteiger partial charge in [0.15, 0.2) is 11.0 Å². The highest BCUT2D eigenvalue weighted by Gasteiger charge is 2.18. The van der Waals surface area contributed by atoms with Crippen LogP contribution >= 0.6 is 27.7 Å². The maximum absolute atomic E-state index is 12.7. The number of benzene rings is 3. The summed E-state index contributed by atoms with van der Waals surface area (Å²) in [7, 11) is 0. The predicted molar refractivity (Wildman–Crippen MR) is 135 cm³/mol. The summed E-state index contributed by atoms with van der Waals surface area (Å²) in [4.78, 5) is 12.7. The molecule has 0 atom stereocenters. The lowest BCUT2D eigenvalue weighted by Gasteiger charge is -2.12. The molecule has 5 nitrogen and oxygen atoms in total. The molecule has 0 radical (unpaired) electrons. The molecule has 0 bridgehead atoms. The zero-order chi connectivity index (χ0) is 22.7. The number of thioether (sulfide) groups is 1. The van der Waals surface area contributed by atoms with E-state index >= 15 is 0 Å². The smallest absolute Gasteiger partial charge is 0.234 e. The van der Waals surface area contributed by atoms with Crippen molar-refractivity contribution in [3.8, 4) is 17.1 Å². The van der Waals surface area contributed by atoms with Gasteiger partial charge in [0.2, 0.25) is 5.91 Å². The zero-order valence-electron chi connectivity index (χ0n) is 18.1. The maximum Gasteiger partial charge on any atom is 0.234 e. The van der Waals surface area contributed by atoms with Crippen molar-refractivity contribution in [1.29, 1.82) is 0 Å². The summed E-state index contributed by atoms with van der Waals surface area (Å²) in [5.41, 5.74) is 6.15. The summed E-state index contributed by atoms with van der Waals surface area (Å²) in [6, 6.07) is 22.1. The molecule has 4 aromatic rings. The summed E-state index contributed by atoms with van der Waals surface area (Å²) in [5.74, 6) is 0.872. The molecule has 0 aliphatic carbocycles. The molecule has 0 unspecified atom stereocenters. The molecular weight excluding hydrogens is 484 g/mol. The maximum atomic E-state index is 12.7. The minimum atomic E-state index is -0.0985. The van der Waals surface area contributed by atoms with Gasteiger partial charge in [-0.05, 0) is 78.2 Å². The van der Waals surface area contributed by atoms with Crippen LogP contribution in [0.3, 0.4) is 0 Å². The lowest BCUT2D eigenvalue weighted by Crippen LogP contribution is -2.15. The number of nitrogens with one attached hydrogen (secondary N) is 1. The summed E-state index contributed by atoms with van der Waals surface area (Å²) in [6.07, 6.45) is 0. The molecule has 1 heterocycles. The van der Waals surface area contributed by atoms with Crippen molar-refractivity contribution >= 4 is 39.3 Å². The van der Waals surface area contributed by atoms with E-state index in [1.165, 1.54) is 17.3 Å². The molecule has 0 aliphatic heterocycles. The lowest BCUT2D eigenvalue weighted by molar-refractivity contribution is -0.113. The highest BCUT2D eigenvalue weighted by Crippen LogP contribution is 2.29.